The van der Waals surface area contributed by atoms with Crippen molar-refractivity contribution in [3.63, 3.8) is 0 Å². The number of halogens is 1. The Morgan fingerprint density at radius 3 is 2.40 bits per heavy atom. The van der Waals surface area contributed by atoms with Crippen molar-refractivity contribution in [2.45, 2.75) is 12.8 Å². The van der Waals surface area contributed by atoms with Gasteiger partial charge in [0.15, 0.2) is 0 Å². The highest BCUT2D eigenvalue weighted by atomic mass is 35.5. The molecule has 1 fully saturated rings. The van der Waals surface area contributed by atoms with E-state index in [9.17, 15) is 19.7 Å². The summed E-state index contributed by atoms with van der Waals surface area (Å²) in [6, 6.07) is 10.3. The smallest absolute Gasteiger partial charge is 0.270 e. The largest absolute Gasteiger partial charge is 0.326 e. The van der Waals surface area contributed by atoms with Crippen LogP contribution in [0.25, 0.3) is 0 Å². The van der Waals surface area contributed by atoms with Gasteiger partial charge in [0, 0.05) is 29.4 Å². The molecule has 128 valence electrons. The summed E-state index contributed by atoms with van der Waals surface area (Å²) in [7, 11) is 0. The van der Waals surface area contributed by atoms with E-state index < -0.39 is 10.8 Å². The molecule has 3 rings (SSSR count). The Morgan fingerprint density at radius 2 is 1.76 bits per heavy atom. The molecule has 0 atom stereocenters. The van der Waals surface area contributed by atoms with Gasteiger partial charge in [-0.1, -0.05) is 17.7 Å². The number of carbonyl (C=O) groups is 2. The van der Waals surface area contributed by atoms with Gasteiger partial charge >= 0.3 is 0 Å². The summed E-state index contributed by atoms with van der Waals surface area (Å²) in [5.74, 6) is -0.536. The zero-order valence-electron chi connectivity index (χ0n) is 13.0. The molecule has 0 saturated heterocycles. The molecule has 0 spiro atoms. The van der Waals surface area contributed by atoms with E-state index in [1.54, 1.807) is 24.3 Å². The molecular weight excluding hydrogens is 346 g/mol. The number of nitro groups is 1. The van der Waals surface area contributed by atoms with Crippen LogP contribution in [-0.4, -0.2) is 16.7 Å². The third-order valence-corrected chi connectivity index (χ3v) is 4.07. The van der Waals surface area contributed by atoms with Crippen LogP contribution in [0, 0.1) is 16.0 Å². The van der Waals surface area contributed by atoms with Gasteiger partial charge in [0.1, 0.15) is 0 Å². The fraction of sp³-hybridized carbons (Fsp3) is 0.176. The van der Waals surface area contributed by atoms with Gasteiger partial charge in [0.05, 0.1) is 15.5 Å². The van der Waals surface area contributed by atoms with Crippen molar-refractivity contribution in [1.82, 2.24) is 0 Å². The third-order valence-electron chi connectivity index (χ3n) is 3.74. The van der Waals surface area contributed by atoms with Crippen molar-refractivity contribution in [2.75, 3.05) is 10.6 Å². The average Bonchev–Trinajstić information content (AvgIpc) is 3.40. The maximum atomic E-state index is 12.4. The Kier molecular flexibility index (Phi) is 4.67. The number of amides is 2. The van der Waals surface area contributed by atoms with Gasteiger partial charge in [-0.2, -0.15) is 0 Å². The van der Waals surface area contributed by atoms with Crippen LogP contribution in [0.1, 0.15) is 23.2 Å². The summed E-state index contributed by atoms with van der Waals surface area (Å²) >= 11 is 5.96. The summed E-state index contributed by atoms with van der Waals surface area (Å²) in [6.07, 6.45) is 1.79. The number of hydrogen-bond donors (Lipinski definition) is 2. The Bertz CT molecular complexity index is 865. The Morgan fingerprint density at radius 1 is 1.08 bits per heavy atom. The molecule has 0 bridgehead atoms. The van der Waals surface area contributed by atoms with Gasteiger partial charge in [-0.15, -0.1) is 0 Å². The van der Waals surface area contributed by atoms with Crippen molar-refractivity contribution < 1.29 is 14.5 Å². The van der Waals surface area contributed by atoms with Crippen LogP contribution in [0.3, 0.4) is 0 Å². The Balaban J connectivity index is 1.75. The number of benzene rings is 2. The minimum atomic E-state index is -0.596. The molecule has 1 saturated carbocycles. The first-order valence-electron chi connectivity index (χ1n) is 7.60. The topological polar surface area (TPSA) is 101 Å². The van der Waals surface area contributed by atoms with E-state index >= 15 is 0 Å². The van der Waals surface area contributed by atoms with Gasteiger partial charge < -0.3 is 10.6 Å². The Labute approximate surface area is 148 Å². The lowest BCUT2D eigenvalue weighted by molar-refractivity contribution is -0.384. The average molecular weight is 360 g/mol. The minimum Gasteiger partial charge on any atom is -0.326 e. The van der Waals surface area contributed by atoms with E-state index in [0.717, 1.165) is 18.9 Å². The van der Waals surface area contributed by atoms with Crippen molar-refractivity contribution in [3.05, 3.63) is 63.2 Å². The molecule has 2 aromatic rings. The monoisotopic (exact) mass is 359 g/mol. The van der Waals surface area contributed by atoms with E-state index in [-0.39, 0.29) is 28.1 Å². The Hall–Kier alpha value is -2.93. The summed E-state index contributed by atoms with van der Waals surface area (Å²) in [4.78, 5) is 34.4. The summed E-state index contributed by atoms with van der Waals surface area (Å²) in [5.41, 5.74) is 0.796. The number of anilines is 2. The summed E-state index contributed by atoms with van der Waals surface area (Å²) in [6.45, 7) is 0. The van der Waals surface area contributed by atoms with E-state index in [1.807, 2.05) is 0 Å². The molecule has 0 aliphatic heterocycles. The van der Waals surface area contributed by atoms with Crippen LogP contribution in [-0.2, 0) is 4.79 Å². The maximum absolute atomic E-state index is 12.4. The van der Waals surface area contributed by atoms with E-state index in [1.165, 1.54) is 12.1 Å². The third kappa shape index (κ3) is 4.13. The lowest BCUT2D eigenvalue weighted by Crippen LogP contribution is -2.15. The molecule has 0 radical (unpaired) electrons. The van der Waals surface area contributed by atoms with Gasteiger partial charge in [-0.25, -0.2) is 0 Å². The lowest BCUT2D eigenvalue weighted by Gasteiger charge is -2.09. The normalized spacial score (nSPS) is 13.2. The molecule has 0 unspecified atom stereocenters. The second kappa shape index (κ2) is 6.90. The second-order valence-electron chi connectivity index (χ2n) is 5.72. The van der Waals surface area contributed by atoms with Crippen LogP contribution < -0.4 is 10.6 Å². The van der Waals surface area contributed by atoms with Crippen LogP contribution in [0.15, 0.2) is 42.5 Å². The van der Waals surface area contributed by atoms with Crippen molar-refractivity contribution in [3.8, 4) is 0 Å². The SMILES string of the molecule is O=C(Nc1cccc(NC(=O)C2CC2)c1)c1cc([N+](=O)[O-])ccc1Cl. The summed E-state index contributed by atoms with van der Waals surface area (Å²) in [5, 5.41) is 16.4. The molecule has 2 N–H and O–H groups in total. The van der Waals surface area contributed by atoms with Crippen LogP contribution in [0.4, 0.5) is 17.1 Å². The molecule has 7 nitrogen and oxygen atoms in total. The summed E-state index contributed by atoms with van der Waals surface area (Å²) < 4.78 is 0. The van der Waals surface area contributed by atoms with Crippen molar-refractivity contribution >= 4 is 40.5 Å². The van der Waals surface area contributed by atoms with Gasteiger partial charge in [-0.05, 0) is 37.1 Å². The molecular formula is C17H14ClN3O4. The van der Waals surface area contributed by atoms with Gasteiger partial charge in [0.2, 0.25) is 5.91 Å². The first-order valence-corrected chi connectivity index (χ1v) is 7.98. The van der Waals surface area contributed by atoms with Crippen LogP contribution >= 0.6 is 11.6 Å². The molecule has 0 aromatic heterocycles. The van der Waals surface area contributed by atoms with Crippen molar-refractivity contribution in [2.24, 2.45) is 5.92 Å². The maximum Gasteiger partial charge on any atom is 0.270 e. The number of nitrogens with one attached hydrogen (secondary N) is 2. The minimum absolute atomic E-state index is 0.00304. The second-order valence-corrected chi connectivity index (χ2v) is 6.13. The van der Waals surface area contributed by atoms with E-state index in [2.05, 4.69) is 10.6 Å². The number of nitrogens with zero attached hydrogens (tertiary/aromatic N) is 1. The fourth-order valence-corrected chi connectivity index (χ4v) is 2.47. The van der Waals surface area contributed by atoms with Crippen molar-refractivity contribution in [1.29, 1.82) is 0 Å². The number of nitro benzene ring substituents is 1. The molecule has 2 aromatic carbocycles. The van der Waals surface area contributed by atoms with Crippen LogP contribution in [0.5, 0.6) is 0 Å². The first kappa shape index (κ1) is 16.9. The quantitative estimate of drug-likeness (QED) is 0.625. The van der Waals surface area contributed by atoms with E-state index in [0.29, 0.717) is 11.4 Å². The lowest BCUT2D eigenvalue weighted by atomic mass is 10.1. The highest BCUT2D eigenvalue weighted by molar-refractivity contribution is 6.34. The number of hydrogen-bond acceptors (Lipinski definition) is 4. The number of carbonyl (C=O) groups excluding carboxylic acids is 2. The highest BCUT2D eigenvalue weighted by Crippen LogP contribution is 2.30. The molecule has 25 heavy (non-hydrogen) atoms. The predicted octanol–water partition coefficient (Wildman–Crippen LogP) is 3.85. The fourth-order valence-electron chi connectivity index (χ4n) is 2.26. The van der Waals surface area contributed by atoms with E-state index in [4.69, 9.17) is 11.6 Å². The molecule has 1 aliphatic rings. The predicted molar refractivity (Wildman–Crippen MR) is 93.9 cm³/mol. The first-order chi connectivity index (χ1) is 11.9. The molecule has 8 heteroatoms. The number of non-ortho nitro benzene ring substituents is 1. The molecule has 1 aliphatic carbocycles. The van der Waals surface area contributed by atoms with Gasteiger partial charge in [-0.3, -0.25) is 19.7 Å². The zero-order chi connectivity index (χ0) is 18.0. The highest BCUT2D eigenvalue weighted by Gasteiger charge is 2.29. The molecule has 2 amide bonds. The van der Waals surface area contributed by atoms with Gasteiger partial charge in [0.25, 0.3) is 11.6 Å². The molecule has 0 heterocycles. The number of rotatable bonds is 5. The zero-order valence-corrected chi connectivity index (χ0v) is 13.7. The standard InChI is InChI=1S/C17H14ClN3O4/c18-15-7-6-13(21(24)25)9-14(15)17(23)20-12-3-1-2-11(8-12)19-16(22)10-4-5-10/h1-3,6-10H,4-5H2,(H,19,22)(H,20,23). The van der Waals surface area contributed by atoms with Crippen LogP contribution in [0.2, 0.25) is 5.02 Å².